The Morgan fingerprint density at radius 1 is 0.958 bits per heavy atom. The van der Waals surface area contributed by atoms with E-state index in [9.17, 15) is 14.4 Å². The van der Waals surface area contributed by atoms with Crippen LogP contribution in [0.3, 0.4) is 0 Å². The molecule has 1 aliphatic rings. The van der Waals surface area contributed by atoms with Crippen LogP contribution in [0.2, 0.25) is 0 Å². The van der Waals surface area contributed by atoms with E-state index in [0.29, 0.717) is 17.5 Å². The molecule has 1 heterocycles. The van der Waals surface area contributed by atoms with Gasteiger partial charge in [0.15, 0.2) is 0 Å². The summed E-state index contributed by atoms with van der Waals surface area (Å²) in [6.07, 6.45) is 0.373. The fourth-order valence-electron chi connectivity index (χ4n) is 2.96. The number of benzene rings is 2. The number of ether oxygens (including phenoxy) is 1. The zero-order valence-electron chi connectivity index (χ0n) is 13.3. The number of carbonyl (C=O) groups is 3. The van der Waals surface area contributed by atoms with Crippen LogP contribution in [0.1, 0.15) is 32.7 Å². The molecule has 5 heteroatoms. The summed E-state index contributed by atoms with van der Waals surface area (Å²) in [5.74, 6) is -1.17. The molecule has 122 valence electrons. The minimum absolute atomic E-state index is 0.0309. The Morgan fingerprint density at radius 2 is 1.50 bits per heavy atom. The van der Waals surface area contributed by atoms with Crippen LogP contribution in [0.4, 0.5) is 0 Å². The predicted molar refractivity (Wildman–Crippen MR) is 87.5 cm³/mol. The number of hydrogen-bond acceptors (Lipinski definition) is 4. The minimum Gasteiger partial charge on any atom is -0.469 e. The Kier molecular flexibility index (Phi) is 4.42. The molecule has 1 atom stereocenters. The number of amides is 2. The first-order valence-electron chi connectivity index (χ1n) is 7.69. The second-order valence-corrected chi connectivity index (χ2v) is 5.65. The second-order valence-electron chi connectivity index (χ2n) is 5.65. The number of esters is 1. The molecule has 3 rings (SSSR count). The fourth-order valence-corrected chi connectivity index (χ4v) is 2.96. The van der Waals surface area contributed by atoms with E-state index in [1.807, 2.05) is 30.3 Å². The smallest absolute Gasteiger partial charge is 0.307 e. The van der Waals surface area contributed by atoms with Gasteiger partial charge in [-0.05, 0) is 24.1 Å². The quantitative estimate of drug-likeness (QED) is 0.626. The summed E-state index contributed by atoms with van der Waals surface area (Å²) in [6, 6.07) is 15.6. The van der Waals surface area contributed by atoms with Crippen LogP contribution in [0.5, 0.6) is 0 Å². The van der Waals surface area contributed by atoms with Crippen LogP contribution in [-0.2, 0) is 16.0 Å². The molecular weight excluding hydrogens is 306 g/mol. The lowest BCUT2D eigenvalue weighted by atomic mass is 10.0. The lowest BCUT2D eigenvalue weighted by Crippen LogP contribution is -2.42. The molecule has 2 aromatic carbocycles. The van der Waals surface area contributed by atoms with Crippen LogP contribution < -0.4 is 0 Å². The minimum atomic E-state index is -0.577. The number of carbonyl (C=O) groups excluding carboxylic acids is 3. The monoisotopic (exact) mass is 323 g/mol. The molecule has 0 fully saturated rings. The summed E-state index contributed by atoms with van der Waals surface area (Å²) in [5.41, 5.74) is 1.71. The fraction of sp³-hybridized carbons (Fsp3) is 0.211. The van der Waals surface area contributed by atoms with E-state index in [2.05, 4.69) is 0 Å². The highest BCUT2D eigenvalue weighted by atomic mass is 16.5. The van der Waals surface area contributed by atoms with Gasteiger partial charge in [0.2, 0.25) is 0 Å². The van der Waals surface area contributed by atoms with Crippen LogP contribution in [0.15, 0.2) is 54.6 Å². The van der Waals surface area contributed by atoms with Gasteiger partial charge in [0.05, 0.1) is 30.7 Å². The Hall–Kier alpha value is -2.95. The van der Waals surface area contributed by atoms with Crippen molar-refractivity contribution < 1.29 is 19.1 Å². The molecule has 0 bridgehead atoms. The Labute approximate surface area is 139 Å². The molecule has 0 aliphatic carbocycles. The van der Waals surface area contributed by atoms with Crippen LogP contribution >= 0.6 is 0 Å². The molecule has 0 aromatic heterocycles. The molecule has 5 nitrogen and oxygen atoms in total. The summed E-state index contributed by atoms with van der Waals surface area (Å²) >= 11 is 0. The summed E-state index contributed by atoms with van der Waals surface area (Å²) in [7, 11) is 1.30. The highest BCUT2D eigenvalue weighted by molar-refractivity contribution is 6.21. The molecule has 0 N–H and O–H groups in total. The van der Waals surface area contributed by atoms with Gasteiger partial charge in [-0.2, -0.15) is 0 Å². The predicted octanol–water partition coefficient (Wildman–Crippen LogP) is 2.46. The number of nitrogens with zero attached hydrogens (tertiary/aromatic N) is 1. The number of methoxy groups -OCH3 is 1. The maximum Gasteiger partial charge on any atom is 0.307 e. The van der Waals surface area contributed by atoms with Crippen LogP contribution in [0.25, 0.3) is 0 Å². The number of imide groups is 1. The Morgan fingerprint density at radius 3 is 2.04 bits per heavy atom. The zero-order valence-corrected chi connectivity index (χ0v) is 13.3. The molecule has 2 aromatic rings. The second kappa shape index (κ2) is 6.66. The van der Waals surface area contributed by atoms with Gasteiger partial charge in [0.1, 0.15) is 0 Å². The maximum atomic E-state index is 12.7. The third-order valence-electron chi connectivity index (χ3n) is 4.13. The van der Waals surface area contributed by atoms with Gasteiger partial charge in [-0.25, -0.2) is 0 Å². The van der Waals surface area contributed by atoms with Gasteiger partial charge in [0.25, 0.3) is 11.8 Å². The topological polar surface area (TPSA) is 63.7 Å². The molecule has 1 aliphatic heterocycles. The molecule has 0 saturated carbocycles. The van der Waals surface area contributed by atoms with Crippen molar-refractivity contribution in [1.82, 2.24) is 4.90 Å². The van der Waals surface area contributed by atoms with Crippen molar-refractivity contribution in [2.24, 2.45) is 0 Å². The molecule has 0 radical (unpaired) electrons. The molecular formula is C19H17NO4. The molecule has 2 amide bonds. The average molecular weight is 323 g/mol. The standard InChI is InChI=1S/C19H17NO4/c1-24-17(21)12-14(11-13-7-3-2-4-8-13)20-18(22)15-9-5-6-10-16(15)19(20)23/h2-10,14H,11-12H2,1H3/t14-/m0/s1. The zero-order chi connectivity index (χ0) is 17.1. The highest BCUT2D eigenvalue weighted by Gasteiger charge is 2.40. The first-order valence-corrected chi connectivity index (χ1v) is 7.69. The van der Waals surface area contributed by atoms with E-state index in [-0.39, 0.29) is 18.2 Å². The largest absolute Gasteiger partial charge is 0.469 e. The van der Waals surface area contributed by atoms with Crippen LogP contribution in [-0.4, -0.2) is 35.8 Å². The Bertz CT molecular complexity index is 750. The van der Waals surface area contributed by atoms with E-state index in [0.717, 1.165) is 5.56 Å². The van der Waals surface area contributed by atoms with Crippen LogP contribution in [0, 0.1) is 0 Å². The number of hydrogen-bond donors (Lipinski definition) is 0. The third kappa shape index (κ3) is 2.93. The van der Waals surface area contributed by atoms with Crippen molar-refractivity contribution in [3.63, 3.8) is 0 Å². The SMILES string of the molecule is COC(=O)C[C@H](Cc1ccccc1)N1C(=O)c2ccccc2C1=O. The maximum absolute atomic E-state index is 12.7. The first-order chi connectivity index (χ1) is 11.6. The van der Waals surface area contributed by atoms with Crippen molar-refractivity contribution in [2.45, 2.75) is 18.9 Å². The summed E-state index contributed by atoms with van der Waals surface area (Å²) in [5, 5.41) is 0. The van der Waals surface area contributed by atoms with Crippen molar-refractivity contribution in [3.05, 3.63) is 71.3 Å². The van der Waals surface area contributed by atoms with E-state index >= 15 is 0 Å². The summed E-state index contributed by atoms with van der Waals surface area (Å²) < 4.78 is 4.74. The normalized spacial score (nSPS) is 14.5. The highest BCUT2D eigenvalue weighted by Crippen LogP contribution is 2.27. The molecule has 0 unspecified atom stereocenters. The lowest BCUT2D eigenvalue weighted by Gasteiger charge is -2.25. The number of fused-ring (bicyclic) bond motifs is 1. The van der Waals surface area contributed by atoms with Crippen molar-refractivity contribution in [2.75, 3.05) is 7.11 Å². The molecule has 0 spiro atoms. The third-order valence-corrected chi connectivity index (χ3v) is 4.13. The van der Waals surface area contributed by atoms with Crippen molar-refractivity contribution in [3.8, 4) is 0 Å². The first kappa shape index (κ1) is 15.9. The van der Waals surface area contributed by atoms with Gasteiger partial charge >= 0.3 is 5.97 Å². The number of rotatable bonds is 5. The Balaban J connectivity index is 1.92. The van der Waals surface area contributed by atoms with Gasteiger partial charge in [0, 0.05) is 0 Å². The van der Waals surface area contributed by atoms with Gasteiger partial charge in [-0.1, -0.05) is 42.5 Å². The van der Waals surface area contributed by atoms with Gasteiger partial charge < -0.3 is 4.74 Å². The molecule has 24 heavy (non-hydrogen) atoms. The lowest BCUT2D eigenvalue weighted by molar-refractivity contribution is -0.141. The summed E-state index contributed by atoms with van der Waals surface area (Å²) in [6.45, 7) is 0. The average Bonchev–Trinajstić information content (AvgIpc) is 2.86. The van der Waals surface area contributed by atoms with Gasteiger partial charge in [-0.15, -0.1) is 0 Å². The van der Waals surface area contributed by atoms with E-state index in [1.54, 1.807) is 24.3 Å². The molecule has 0 saturated heterocycles. The summed E-state index contributed by atoms with van der Waals surface area (Å²) in [4.78, 5) is 38.3. The van der Waals surface area contributed by atoms with E-state index in [1.165, 1.54) is 12.0 Å². The van der Waals surface area contributed by atoms with Crippen molar-refractivity contribution >= 4 is 17.8 Å². The van der Waals surface area contributed by atoms with E-state index in [4.69, 9.17) is 4.74 Å². The van der Waals surface area contributed by atoms with Gasteiger partial charge in [-0.3, -0.25) is 19.3 Å². The van der Waals surface area contributed by atoms with Crippen molar-refractivity contribution in [1.29, 1.82) is 0 Å². The van der Waals surface area contributed by atoms with E-state index < -0.39 is 12.0 Å².